The molecule has 0 aliphatic carbocycles. The smallest absolute Gasteiger partial charge is 0.253 e. The van der Waals surface area contributed by atoms with Gasteiger partial charge in [0.25, 0.3) is 5.91 Å². The van der Waals surface area contributed by atoms with E-state index in [-0.39, 0.29) is 23.8 Å². The average molecular weight is 353 g/mol. The van der Waals surface area contributed by atoms with Crippen LogP contribution in [-0.2, 0) is 0 Å². The molecule has 0 heterocycles. The molecule has 2 atom stereocenters. The van der Waals surface area contributed by atoms with Gasteiger partial charge in [-0.05, 0) is 31.4 Å². The van der Waals surface area contributed by atoms with Gasteiger partial charge in [-0.1, -0.05) is 27.5 Å². The van der Waals surface area contributed by atoms with Crippen LogP contribution in [0.3, 0.4) is 0 Å². The van der Waals surface area contributed by atoms with Crippen molar-refractivity contribution in [3.63, 3.8) is 0 Å². The largest absolute Gasteiger partial charge is 0.395 e. The molecule has 100 valence electrons. The minimum atomic E-state index is -0.229. The van der Waals surface area contributed by atoms with Gasteiger partial charge in [0.1, 0.15) is 0 Å². The minimum Gasteiger partial charge on any atom is -0.395 e. The number of benzene rings is 1. The standard InChI is InChI=1S/C12H15BrClNO2S/c1-7(11(6-16)18-2)15-12(17)9-4-3-8(13)5-10(9)14/h3-5,7,11,16H,6H2,1-2H3,(H,15,17). The molecule has 0 fully saturated rings. The highest BCUT2D eigenvalue weighted by molar-refractivity contribution is 9.10. The van der Waals surface area contributed by atoms with Gasteiger partial charge in [-0.25, -0.2) is 0 Å². The Hall–Kier alpha value is -0.230. The van der Waals surface area contributed by atoms with E-state index in [1.165, 1.54) is 11.8 Å². The predicted molar refractivity (Wildman–Crippen MR) is 80.5 cm³/mol. The highest BCUT2D eigenvalue weighted by Crippen LogP contribution is 2.21. The van der Waals surface area contributed by atoms with Crippen molar-refractivity contribution in [2.75, 3.05) is 12.9 Å². The summed E-state index contributed by atoms with van der Waals surface area (Å²) < 4.78 is 0.828. The van der Waals surface area contributed by atoms with Crippen molar-refractivity contribution in [2.24, 2.45) is 0 Å². The van der Waals surface area contributed by atoms with E-state index >= 15 is 0 Å². The summed E-state index contributed by atoms with van der Waals surface area (Å²) in [7, 11) is 0. The molecule has 0 radical (unpaired) electrons. The monoisotopic (exact) mass is 351 g/mol. The van der Waals surface area contributed by atoms with Crippen LogP contribution in [0.1, 0.15) is 17.3 Å². The molecule has 1 amide bonds. The Kier molecular flexibility index (Phi) is 6.49. The van der Waals surface area contributed by atoms with E-state index in [0.29, 0.717) is 10.6 Å². The molecule has 2 N–H and O–H groups in total. The van der Waals surface area contributed by atoms with Gasteiger partial charge in [0.15, 0.2) is 0 Å². The number of aliphatic hydroxyl groups is 1. The lowest BCUT2D eigenvalue weighted by molar-refractivity contribution is 0.0936. The Morgan fingerprint density at radius 1 is 1.61 bits per heavy atom. The molecule has 1 aromatic carbocycles. The molecule has 0 aliphatic heterocycles. The lowest BCUT2D eigenvalue weighted by atomic mass is 10.2. The van der Waals surface area contributed by atoms with Crippen LogP contribution in [0.25, 0.3) is 0 Å². The maximum absolute atomic E-state index is 12.0. The molecular weight excluding hydrogens is 338 g/mol. The first-order chi connectivity index (χ1) is 8.49. The molecule has 0 saturated heterocycles. The topological polar surface area (TPSA) is 49.3 Å². The van der Waals surface area contributed by atoms with Crippen LogP contribution >= 0.6 is 39.3 Å². The number of hydrogen-bond acceptors (Lipinski definition) is 3. The summed E-state index contributed by atoms with van der Waals surface area (Å²) in [4.78, 5) is 12.0. The lowest BCUT2D eigenvalue weighted by Crippen LogP contribution is -2.41. The van der Waals surface area contributed by atoms with E-state index in [9.17, 15) is 4.79 Å². The van der Waals surface area contributed by atoms with Crippen molar-refractivity contribution in [1.82, 2.24) is 5.32 Å². The van der Waals surface area contributed by atoms with E-state index in [1.54, 1.807) is 18.2 Å². The van der Waals surface area contributed by atoms with Gasteiger partial charge in [-0.15, -0.1) is 0 Å². The molecule has 18 heavy (non-hydrogen) atoms. The molecule has 2 unspecified atom stereocenters. The summed E-state index contributed by atoms with van der Waals surface area (Å²) in [5.41, 5.74) is 0.435. The fourth-order valence-corrected chi connectivity index (χ4v) is 2.87. The van der Waals surface area contributed by atoms with Crippen LogP contribution in [-0.4, -0.2) is 35.2 Å². The van der Waals surface area contributed by atoms with Gasteiger partial charge in [-0.2, -0.15) is 11.8 Å². The van der Waals surface area contributed by atoms with Gasteiger partial charge >= 0.3 is 0 Å². The van der Waals surface area contributed by atoms with Crippen molar-refractivity contribution in [1.29, 1.82) is 0 Å². The van der Waals surface area contributed by atoms with E-state index in [1.807, 2.05) is 13.2 Å². The first-order valence-electron chi connectivity index (χ1n) is 5.39. The van der Waals surface area contributed by atoms with E-state index in [2.05, 4.69) is 21.2 Å². The van der Waals surface area contributed by atoms with Crippen molar-refractivity contribution in [3.05, 3.63) is 33.3 Å². The molecule has 0 bridgehead atoms. The summed E-state index contributed by atoms with van der Waals surface area (Å²) in [5.74, 6) is -0.229. The quantitative estimate of drug-likeness (QED) is 0.856. The Balaban J connectivity index is 2.76. The summed E-state index contributed by atoms with van der Waals surface area (Å²) in [6, 6.07) is 4.99. The molecular formula is C12H15BrClNO2S. The Morgan fingerprint density at radius 2 is 2.28 bits per heavy atom. The Morgan fingerprint density at radius 3 is 2.78 bits per heavy atom. The van der Waals surface area contributed by atoms with Gasteiger partial charge in [-0.3, -0.25) is 4.79 Å². The average Bonchev–Trinajstić information content (AvgIpc) is 2.30. The summed E-state index contributed by atoms with van der Waals surface area (Å²) in [6.07, 6.45) is 1.90. The van der Waals surface area contributed by atoms with Crippen LogP contribution in [0.2, 0.25) is 5.02 Å². The third-order valence-electron chi connectivity index (χ3n) is 2.57. The van der Waals surface area contributed by atoms with E-state index < -0.39 is 0 Å². The minimum absolute atomic E-state index is 0.0245. The van der Waals surface area contributed by atoms with Gasteiger partial charge in [0.2, 0.25) is 0 Å². The van der Waals surface area contributed by atoms with Crippen LogP contribution in [0.5, 0.6) is 0 Å². The molecule has 0 aromatic heterocycles. The van der Waals surface area contributed by atoms with Gasteiger partial charge in [0, 0.05) is 15.8 Å². The Bertz CT molecular complexity index is 427. The van der Waals surface area contributed by atoms with Crippen LogP contribution in [0.15, 0.2) is 22.7 Å². The summed E-state index contributed by atoms with van der Waals surface area (Å²) in [5, 5.41) is 12.4. The first-order valence-corrected chi connectivity index (χ1v) is 7.85. The number of aliphatic hydroxyl groups excluding tert-OH is 1. The van der Waals surface area contributed by atoms with Crippen LogP contribution in [0.4, 0.5) is 0 Å². The fraction of sp³-hybridized carbons (Fsp3) is 0.417. The number of rotatable bonds is 5. The van der Waals surface area contributed by atoms with E-state index in [4.69, 9.17) is 16.7 Å². The number of thioether (sulfide) groups is 1. The number of hydrogen-bond donors (Lipinski definition) is 2. The molecule has 3 nitrogen and oxygen atoms in total. The van der Waals surface area contributed by atoms with Crippen LogP contribution in [0, 0.1) is 0 Å². The SMILES string of the molecule is CSC(CO)C(C)NC(=O)c1ccc(Br)cc1Cl. The molecule has 0 aliphatic rings. The zero-order valence-corrected chi connectivity index (χ0v) is 13.3. The zero-order chi connectivity index (χ0) is 13.7. The predicted octanol–water partition coefficient (Wildman–Crippen LogP) is 2.94. The van der Waals surface area contributed by atoms with Crippen molar-refractivity contribution >= 4 is 45.2 Å². The molecule has 0 spiro atoms. The second kappa shape index (κ2) is 7.38. The fourth-order valence-electron chi connectivity index (χ4n) is 1.49. The first kappa shape index (κ1) is 15.8. The Labute approximate surface area is 124 Å². The summed E-state index contributed by atoms with van der Waals surface area (Å²) in [6.45, 7) is 1.89. The molecule has 0 saturated carbocycles. The number of nitrogens with one attached hydrogen (secondary N) is 1. The summed E-state index contributed by atoms with van der Waals surface area (Å²) >= 11 is 10.8. The second-order valence-electron chi connectivity index (χ2n) is 3.84. The highest BCUT2D eigenvalue weighted by Gasteiger charge is 2.19. The van der Waals surface area contributed by atoms with Gasteiger partial charge < -0.3 is 10.4 Å². The molecule has 1 rings (SSSR count). The zero-order valence-electron chi connectivity index (χ0n) is 10.1. The maximum Gasteiger partial charge on any atom is 0.253 e. The lowest BCUT2D eigenvalue weighted by Gasteiger charge is -2.21. The number of amides is 1. The highest BCUT2D eigenvalue weighted by atomic mass is 79.9. The van der Waals surface area contributed by atoms with Crippen molar-refractivity contribution in [3.8, 4) is 0 Å². The van der Waals surface area contributed by atoms with Crippen molar-refractivity contribution in [2.45, 2.75) is 18.2 Å². The third-order valence-corrected chi connectivity index (χ3v) is 4.54. The number of carbonyl (C=O) groups is 1. The van der Waals surface area contributed by atoms with E-state index in [0.717, 1.165) is 4.47 Å². The number of carbonyl (C=O) groups excluding carboxylic acids is 1. The molecule has 1 aromatic rings. The maximum atomic E-state index is 12.0. The van der Waals surface area contributed by atoms with Gasteiger partial charge in [0.05, 0.1) is 17.2 Å². The third kappa shape index (κ3) is 4.16. The van der Waals surface area contributed by atoms with Crippen molar-refractivity contribution < 1.29 is 9.90 Å². The molecule has 6 heteroatoms. The normalized spacial score (nSPS) is 14.1. The van der Waals surface area contributed by atoms with Crippen LogP contribution < -0.4 is 5.32 Å². The number of halogens is 2. The second-order valence-corrected chi connectivity index (χ2v) is 6.24.